The van der Waals surface area contributed by atoms with Gasteiger partial charge in [0.2, 0.25) is 0 Å². The number of fused-ring (bicyclic) bond motifs is 1. The highest BCUT2D eigenvalue weighted by Gasteiger charge is 2.08. The maximum absolute atomic E-state index is 9.13. The van der Waals surface area contributed by atoms with E-state index in [1.54, 1.807) is 12.5 Å². The number of rotatable bonds is 1. The lowest BCUT2D eigenvalue weighted by molar-refractivity contribution is 1.04. The van der Waals surface area contributed by atoms with Crippen molar-refractivity contribution in [1.82, 2.24) is 9.55 Å². The first-order valence-corrected chi connectivity index (χ1v) is 6.20. The fourth-order valence-electron chi connectivity index (χ4n) is 2.05. The quantitative estimate of drug-likeness (QED) is 0.688. The molecule has 0 aliphatic heterocycles. The van der Waals surface area contributed by atoms with Crippen LogP contribution in [0.15, 0.2) is 53.5 Å². The first-order valence-electron chi connectivity index (χ1n) is 5.41. The maximum Gasteiger partial charge on any atom is 0.109 e. The van der Waals surface area contributed by atoms with Crippen LogP contribution in [0.2, 0.25) is 0 Å². The third kappa shape index (κ3) is 1.60. The summed E-state index contributed by atoms with van der Waals surface area (Å²) in [7, 11) is 0. The van der Waals surface area contributed by atoms with E-state index < -0.39 is 0 Å². The lowest BCUT2D eigenvalue weighted by Crippen LogP contribution is -1.94. The normalized spacial score (nSPS) is 10.4. The van der Waals surface area contributed by atoms with E-state index in [9.17, 15) is 0 Å². The van der Waals surface area contributed by atoms with Crippen LogP contribution in [0.1, 0.15) is 5.56 Å². The summed E-state index contributed by atoms with van der Waals surface area (Å²) in [6.07, 6.45) is 3.49. The highest BCUT2D eigenvalue weighted by atomic mass is 79.9. The minimum absolute atomic E-state index is 0.686. The average Bonchev–Trinajstić information content (AvgIpc) is 2.83. The van der Waals surface area contributed by atoms with E-state index in [4.69, 9.17) is 5.26 Å². The predicted octanol–water partition coefficient (Wildman–Crippen LogP) is 3.66. The number of nitrogens with zero attached hydrogens (tertiary/aromatic N) is 3. The van der Waals surface area contributed by atoms with E-state index in [0.29, 0.717) is 5.56 Å². The van der Waals surface area contributed by atoms with Gasteiger partial charge in [0.25, 0.3) is 0 Å². The third-order valence-electron chi connectivity index (χ3n) is 2.87. The zero-order valence-corrected chi connectivity index (χ0v) is 10.9. The summed E-state index contributed by atoms with van der Waals surface area (Å²) in [6, 6.07) is 13.9. The Kier molecular flexibility index (Phi) is 2.62. The summed E-state index contributed by atoms with van der Waals surface area (Å²) < 4.78 is 2.83. The summed E-state index contributed by atoms with van der Waals surface area (Å²) in [5.74, 6) is 0. The Hall–Kier alpha value is -2.12. The van der Waals surface area contributed by atoms with Crippen LogP contribution >= 0.6 is 15.9 Å². The van der Waals surface area contributed by atoms with Crippen LogP contribution in [0.25, 0.3) is 16.5 Å². The van der Waals surface area contributed by atoms with Gasteiger partial charge in [0, 0.05) is 10.8 Å². The maximum atomic E-state index is 9.13. The van der Waals surface area contributed by atoms with Crippen molar-refractivity contribution in [3.8, 4) is 11.8 Å². The summed E-state index contributed by atoms with van der Waals surface area (Å²) in [5, 5.41) is 11.1. The first-order chi connectivity index (χ1) is 8.81. The van der Waals surface area contributed by atoms with Gasteiger partial charge in [-0.05, 0) is 28.1 Å². The molecule has 0 amide bonds. The molecule has 0 N–H and O–H groups in total. The van der Waals surface area contributed by atoms with Gasteiger partial charge < -0.3 is 0 Å². The monoisotopic (exact) mass is 297 g/mol. The van der Waals surface area contributed by atoms with Crippen molar-refractivity contribution in [2.75, 3.05) is 0 Å². The average molecular weight is 298 g/mol. The van der Waals surface area contributed by atoms with Gasteiger partial charge in [0.15, 0.2) is 0 Å². The molecule has 4 heteroatoms. The molecule has 0 saturated heterocycles. The molecule has 2 aromatic carbocycles. The van der Waals surface area contributed by atoms with E-state index in [1.165, 1.54) is 0 Å². The van der Waals surface area contributed by atoms with Gasteiger partial charge in [-0.2, -0.15) is 5.26 Å². The number of nitriles is 1. The fraction of sp³-hybridized carbons (Fsp3) is 0. The molecule has 3 nitrogen and oxygen atoms in total. The molecule has 86 valence electrons. The Morgan fingerprint density at radius 1 is 1.11 bits per heavy atom. The fourth-order valence-corrected chi connectivity index (χ4v) is 2.45. The van der Waals surface area contributed by atoms with Crippen LogP contribution in [0, 0.1) is 11.3 Å². The summed E-state index contributed by atoms with van der Waals surface area (Å²) in [4.78, 5) is 4.10. The Balaban J connectivity index is 2.40. The second-order valence-electron chi connectivity index (χ2n) is 3.88. The van der Waals surface area contributed by atoms with Crippen molar-refractivity contribution in [1.29, 1.82) is 5.26 Å². The van der Waals surface area contributed by atoms with Gasteiger partial charge in [-0.25, -0.2) is 4.98 Å². The topological polar surface area (TPSA) is 41.6 Å². The van der Waals surface area contributed by atoms with E-state index in [-0.39, 0.29) is 0 Å². The molecule has 0 aliphatic carbocycles. The van der Waals surface area contributed by atoms with Crippen LogP contribution < -0.4 is 0 Å². The van der Waals surface area contributed by atoms with Crippen molar-refractivity contribution in [3.05, 3.63) is 59.1 Å². The van der Waals surface area contributed by atoms with Crippen molar-refractivity contribution >= 4 is 26.7 Å². The molecular formula is C14H8BrN3. The highest BCUT2D eigenvalue weighted by Crippen LogP contribution is 2.27. The van der Waals surface area contributed by atoms with E-state index >= 15 is 0 Å². The van der Waals surface area contributed by atoms with Gasteiger partial charge in [0.05, 0.1) is 23.5 Å². The van der Waals surface area contributed by atoms with Crippen LogP contribution in [-0.2, 0) is 0 Å². The molecule has 0 unspecified atom stereocenters. The Morgan fingerprint density at radius 2 is 1.89 bits per heavy atom. The molecule has 0 bridgehead atoms. The number of halogens is 1. The SMILES string of the molecule is N#Cc1ccc(-n2cncc2Br)c2ccccc12. The van der Waals surface area contributed by atoms with Gasteiger partial charge in [-0.1, -0.05) is 24.3 Å². The summed E-state index contributed by atoms with van der Waals surface area (Å²) in [6.45, 7) is 0. The molecule has 0 atom stereocenters. The van der Waals surface area contributed by atoms with Crippen molar-refractivity contribution in [2.24, 2.45) is 0 Å². The van der Waals surface area contributed by atoms with Gasteiger partial charge in [-0.15, -0.1) is 0 Å². The second-order valence-corrected chi connectivity index (χ2v) is 4.69. The number of aromatic nitrogens is 2. The van der Waals surface area contributed by atoms with Crippen LogP contribution in [-0.4, -0.2) is 9.55 Å². The van der Waals surface area contributed by atoms with Crippen LogP contribution in [0.4, 0.5) is 0 Å². The largest absolute Gasteiger partial charge is 0.293 e. The minimum atomic E-state index is 0.686. The van der Waals surface area contributed by atoms with Crippen LogP contribution in [0.3, 0.4) is 0 Å². The summed E-state index contributed by atoms with van der Waals surface area (Å²) >= 11 is 3.46. The van der Waals surface area contributed by atoms with Crippen molar-refractivity contribution < 1.29 is 0 Å². The van der Waals surface area contributed by atoms with E-state index in [1.807, 2.05) is 41.0 Å². The lowest BCUT2D eigenvalue weighted by Gasteiger charge is -2.09. The number of benzene rings is 2. The zero-order valence-electron chi connectivity index (χ0n) is 9.34. The lowest BCUT2D eigenvalue weighted by atomic mass is 10.0. The molecule has 1 heterocycles. The number of hydrogen-bond donors (Lipinski definition) is 0. The smallest absolute Gasteiger partial charge is 0.109 e. The number of hydrogen-bond acceptors (Lipinski definition) is 2. The molecule has 1 aromatic heterocycles. The Labute approximate surface area is 112 Å². The van der Waals surface area contributed by atoms with Crippen LogP contribution in [0.5, 0.6) is 0 Å². The molecular weight excluding hydrogens is 290 g/mol. The van der Waals surface area contributed by atoms with Crippen molar-refractivity contribution in [2.45, 2.75) is 0 Å². The molecule has 0 radical (unpaired) electrons. The molecule has 0 spiro atoms. The standard InChI is InChI=1S/C14H8BrN3/c15-14-8-17-9-18(14)13-6-5-10(7-16)11-3-1-2-4-12(11)13/h1-6,8-9H. The van der Waals surface area contributed by atoms with E-state index in [0.717, 1.165) is 21.1 Å². The Morgan fingerprint density at radius 3 is 2.56 bits per heavy atom. The van der Waals surface area contributed by atoms with Gasteiger partial charge in [0.1, 0.15) is 10.9 Å². The van der Waals surface area contributed by atoms with Gasteiger partial charge >= 0.3 is 0 Å². The second kappa shape index (κ2) is 4.28. The van der Waals surface area contributed by atoms with E-state index in [2.05, 4.69) is 27.0 Å². The molecule has 0 fully saturated rings. The molecule has 18 heavy (non-hydrogen) atoms. The predicted molar refractivity (Wildman–Crippen MR) is 73.5 cm³/mol. The molecule has 3 rings (SSSR count). The molecule has 0 aliphatic rings. The zero-order chi connectivity index (χ0) is 12.5. The van der Waals surface area contributed by atoms with Gasteiger partial charge in [-0.3, -0.25) is 4.57 Å². The molecule has 0 saturated carbocycles. The Bertz CT molecular complexity index is 768. The first kappa shape index (κ1) is 11.0. The minimum Gasteiger partial charge on any atom is -0.293 e. The molecule has 3 aromatic rings. The summed E-state index contributed by atoms with van der Waals surface area (Å²) in [5.41, 5.74) is 1.69. The van der Waals surface area contributed by atoms with Crippen molar-refractivity contribution in [3.63, 3.8) is 0 Å². The third-order valence-corrected chi connectivity index (χ3v) is 3.46. The number of imidazole rings is 1. The highest BCUT2D eigenvalue weighted by molar-refractivity contribution is 9.10.